The van der Waals surface area contributed by atoms with Gasteiger partial charge in [0.05, 0.1) is 0 Å². The van der Waals surface area contributed by atoms with Crippen molar-refractivity contribution in [1.29, 1.82) is 0 Å². The Bertz CT molecular complexity index is 514. The molecule has 0 aromatic heterocycles. The van der Waals surface area contributed by atoms with Gasteiger partial charge in [-0.25, -0.2) is 0 Å². The Kier molecular flexibility index (Phi) is 4.45. The molecule has 2 aromatic rings. The molecule has 0 aliphatic rings. The Morgan fingerprint density at radius 2 is 1.89 bits per heavy atom. The zero-order valence-electron chi connectivity index (χ0n) is 10.1. The van der Waals surface area contributed by atoms with Gasteiger partial charge in [-0.2, -0.15) is 0 Å². The molecule has 0 radical (unpaired) electrons. The molecule has 0 bridgehead atoms. The number of hydrogen-bond acceptors (Lipinski definition) is 2. The molecule has 0 amide bonds. The monoisotopic (exact) mass is 304 g/mol. The van der Waals surface area contributed by atoms with Crippen LogP contribution in [0.1, 0.15) is 5.56 Å². The van der Waals surface area contributed by atoms with Crippen molar-refractivity contribution in [3.63, 3.8) is 0 Å². The predicted molar refractivity (Wildman–Crippen MR) is 78.4 cm³/mol. The van der Waals surface area contributed by atoms with Crippen molar-refractivity contribution in [2.45, 2.75) is 13.4 Å². The van der Waals surface area contributed by atoms with Crippen LogP contribution < -0.4 is 10.2 Å². The Morgan fingerprint density at radius 3 is 2.56 bits per heavy atom. The minimum atomic E-state index is -0.499. The molecule has 1 N–H and O–H groups in total. The zero-order chi connectivity index (χ0) is 13.0. The van der Waals surface area contributed by atoms with Crippen molar-refractivity contribution in [2.75, 3.05) is 0 Å². The number of halogens is 1. The summed E-state index contributed by atoms with van der Waals surface area (Å²) in [6, 6.07) is 15.6. The van der Waals surface area contributed by atoms with E-state index in [1.54, 1.807) is 6.82 Å². The van der Waals surface area contributed by atoms with Crippen LogP contribution in [-0.4, -0.2) is 11.9 Å². The fraction of sp³-hybridized carbons (Fsp3) is 0.143. The summed E-state index contributed by atoms with van der Waals surface area (Å²) in [5, 5.41) is 9.58. The van der Waals surface area contributed by atoms with Crippen molar-refractivity contribution in [3.05, 3.63) is 58.6 Å². The lowest BCUT2D eigenvalue weighted by molar-refractivity contribution is 0.306. The topological polar surface area (TPSA) is 29.5 Å². The maximum atomic E-state index is 9.58. The first-order valence-electron chi connectivity index (χ1n) is 5.80. The van der Waals surface area contributed by atoms with E-state index in [0.29, 0.717) is 6.61 Å². The summed E-state index contributed by atoms with van der Waals surface area (Å²) in [6.07, 6.45) is 0. The predicted octanol–water partition coefficient (Wildman–Crippen LogP) is 2.85. The molecule has 0 saturated carbocycles. The van der Waals surface area contributed by atoms with Gasteiger partial charge >= 0.3 is 6.92 Å². The zero-order valence-corrected chi connectivity index (χ0v) is 11.7. The van der Waals surface area contributed by atoms with Gasteiger partial charge < -0.3 is 9.76 Å². The van der Waals surface area contributed by atoms with Gasteiger partial charge in [0.2, 0.25) is 0 Å². The van der Waals surface area contributed by atoms with Crippen LogP contribution in [-0.2, 0) is 6.61 Å². The lowest BCUT2D eigenvalue weighted by Gasteiger charge is -2.09. The second-order valence-corrected chi connectivity index (χ2v) is 5.09. The highest BCUT2D eigenvalue weighted by Crippen LogP contribution is 2.18. The fourth-order valence-electron chi connectivity index (χ4n) is 1.65. The quantitative estimate of drug-likeness (QED) is 0.880. The molecule has 2 aromatic carbocycles. The van der Waals surface area contributed by atoms with E-state index in [1.807, 2.05) is 48.5 Å². The van der Waals surface area contributed by atoms with Gasteiger partial charge in [0.1, 0.15) is 12.4 Å². The molecule has 0 aliphatic heterocycles. The van der Waals surface area contributed by atoms with Gasteiger partial charge in [-0.3, -0.25) is 0 Å². The van der Waals surface area contributed by atoms with Crippen LogP contribution in [0, 0.1) is 0 Å². The number of ether oxygens (including phenoxy) is 1. The molecule has 0 heterocycles. The molecule has 2 rings (SSSR count). The SMILES string of the molecule is CB(O)c1cc(Br)cc(OCc2ccccc2)c1. The first kappa shape index (κ1) is 13.2. The van der Waals surface area contributed by atoms with Gasteiger partial charge in [0.15, 0.2) is 0 Å². The molecule has 0 spiro atoms. The van der Waals surface area contributed by atoms with E-state index < -0.39 is 6.92 Å². The Balaban J connectivity index is 2.10. The standard InChI is InChI=1S/C14H14BBrO2/c1-15(17)12-7-13(16)9-14(8-12)18-10-11-5-3-2-4-6-11/h2-9,17H,10H2,1H3. The number of benzene rings is 2. The van der Waals surface area contributed by atoms with E-state index in [0.717, 1.165) is 21.2 Å². The van der Waals surface area contributed by atoms with Crippen LogP contribution in [0.4, 0.5) is 0 Å². The Labute approximate surface area is 116 Å². The summed E-state index contributed by atoms with van der Waals surface area (Å²) in [5.41, 5.74) is 1.96. The second-order valence-electron chi connectivity index (χ2n) is 4.17. The second kappa shape index (κ2) is 6.07. The van der Waals surface area contributed by atoms with Crippen LogP contribution in [0.15, 0.2) is 53.0 Å². The lowest BCUT2D eigenvalue weighted by atomic mass is 9.64. The highest BCUT2D eigenvalue weighted by molar-refractivity contribution is 9.10. The van der Waals surface area contributed by atoms with Gasteiger partial charge in [0, 0.05) is 4.47 Å². The smallest absolute Gasteiger partial charge is 0.320 e. The van der Waals surface area contributed by atoms with Crippen LogP contribution in [0.25, 0.3) is 0 Å². The summed E-state index contributed by atoms with van der Waals surface area (Å²) >= 11 is 3.42. The Morgan fingerprint density at radius 1 is 1.17 bits per heavy atom. The van der Waals surface area contributed by atoms with Gasteiger partial charge in [-0.1, -0.05) is 59.2 Å². The van der Waals surface area contributed by atoms with E-state index in [4.69, 9.17) is 4.74 Å². The van der Waals surface area contributed by atoms with E-state index in [1.165, 1.54) is 0 Å². The fourth-order valence-corrected chi connectivity index (χ4v) is 2.14. The number of rotatable bonds is 4. The average molecular weight is 305 g/mol. The summed E-state index contributed by atoms with van der Waals surface area (Å²) in [7, 11) is 0. The van der Waals surface area contributed by atoms with Crippen molar-refractivity contribution >= 4 is 28.3 Å². The van der Waals surface area contributed by atoms with E-state index in [2.05, 4.69) is 15.9 Å². The van der Waals surface area contributed by atoms with Gasteiger partial charge in [-0.15, -0.1) is 0 Å². The molecule has 0 atom stereocenters. The van der Waals surface area contributed by atoms with E-state index >= 15 is 0 Å². The minimum absolute atomic E-state index is 0.499. The van der Waals surface area contributed by atoms with Crippen LogP contribution in [0.2, 0.25) is 6.82 Å². The maximum Gasteiger partial charge on any atom is 0.320 e. The van der Waals surface area contributed by atoms with Crippen LogP contribution in [0.5, 0.6) is 5.75 Å². The molecular weight excluding hydrogens is 291 g/mol. The van der Waals surface area contributed by atoms with Crippen LogP contribution >= 0.6 is 15.9 Å². The third-order valence-electron chi connectivity index (χ3n) is 2.62. The summed E-state index contributed by atoms with van der Waals surface area (Å²) in [6.45, 7) is 1.76. The van der Waals surface area contributed by atoms with Gasteiger partial charge in [-0.05, 0) is 23.2 Å². The molecule has 4 heteroatoms. The lowest BCUT2D eigenvalue weighted by Crippen LogP contribution is -2.26. The summed E-state index contributed by atoms with van der Waals surface area (Å²) in [4.78, 5) is 0. The Hall–Kier alpha value is -1.26. The molecule has 0 aliphatic carbocycles. The highest BCUT2D eigenvalue weighted by atomic mass is 79.9. The van der Waals surface area contributed by atoms with E-state index in [-0.39, 0.29) is 0 Å². The molecule has 0 unspecified atom stereocenters. The highest BCUT2D eigenvalue weighted by Gasteiger charge is 2.09. The average Bonchev–Trinajstić information content (AvgIpc) is 2.37. The molecular formula is C14H14BBrO2. The third kappa shape index (κ3) is 3.62. The molecule has 0 fully saturated rings. The first-order chi connectivity index (χ1) is 8.65. The van der Waals surface area contributed by atoms with Gasteiger partial charge in [0.25, 0.3) is 0 Å². The third-order valence-corrected chi connectivity index (χ3v) is 3.08. The molecule has 2 nitrogen and oxygen atoms in total. The minimum Gasteiger partial charge on any atom is -0.489 e. The maximum absolute atomic E-state index is 9.58. The van der Waals surface area contributed by atoms with E-state index in [9.17, 15) is 5.02 Å². The summed E-state index contributed by atoms with van der Waals surface area (Å²) in [5.74, 6) is 0.754. The summed E-state index contributed by atoms with van der Waals surface area (Å²) < 4.78 is 6.63. The normalized spacial score (nSPS) is 10.2. The van der Waals surface area contributed by atoms with Crippen molar-refractivity contribution < 1.29 is 9.76 Å². The number of hydrogen-bond donors (Lipinski definition) is 1. The first-order valence-corrected chi connectivity index (χ1v) is 6.60. The molecule has 0 saturated heterocycles. The van der Waals surface area contributed by atoms with Crippen LogP contribution in [0.3, 0.4) is 0 Å². The van der Waals surface area contributed by atoms with Crippen molar-refractivity contribution in [2.24, 2.45) is 0 Å². The molecule has 18 heavy (non-hydrogen) atoms. The molecule has 92 valence electrons. The van der Waals surface area contributed by atoms with Crippen molar-refractivity contribution in [3.8, 4) is 5.75 Å². The van der Waals surface area contributed by atoms with Crippen molar-refractivity contribution in [1.82, 2.24) is 0 Å². The largest absolute Gasteiger partial charge is 0.489 e.